The first kappa shape index (κ1) is 10.9. The highest BCUT2D eigenvalue weighted by molar-refractivity contribution is 5.85. The normalized spacial score (nSPS) is 11.9. The maximum Gasteiger partial charge on any atom is 0.223 e. The zero-order valence-corrected chi connectivity index (χ0v) is 7.52. The molecule has 4 nitrogen and oxygen atoms in total. The summed E-state index contributed by atoms with van der Waals surface area (Å²) >= 11 is 0. The van der Waals surface area contributed by atoms with E-state index in [1.165, 1.54) is 7.05 Å². The molecule has 1 unspecified atom stereocenters. The first-order valence-corrected chi connectivity index (χ1v) is 3.93. The van der Waals surface area contributed by atoms with Crippen LogP contribution in [0.5, 0.6) is 0 Å². The van der Waals surface area contributed by atoms with Crippen molar-refractivity contribution in [3.63, 3.8) is 0 Å². The van der Waals surface area contributed by atoms with Gasteiger partial charge in [0.05, 0.1) is 0 Å². The number of rotatable bonds is 4. The van der Waals surface area contributed by atoms with Gasteiger partial charge in [0.25, 0.3) is 0 Å². The average Bonchev–Trinajstić information content (AvgIpc) is 2.03. The van der Waals surface area contributed by atoms with E-state index < -0.39 is 5.92 Å². The fraction of sp³-hybridized carbons (Fsp3) is 0.625. The Morgan fingerprint density at radius 1 is 1.50 bits per heavy atom. The Labute approximate surface area is 72.7 Å². The van der Waals surface area contributed by atoms with E-state index in [1.54, 1.807) is 0 Å². The standard InChI is InChI=1S/C8H15N2O2/c1-4-10-7(11)5-6(2)8(12)9-3/h6H,2,4-5H2,1,3H3,(H,9,12)(H,10,11). The van der Waals surface area contributed by atoms with Gasteiger partial charge in [0.1, 0.15) is 0 Å². The van der Waals surface area contributed by atoms with E-state index in [0.29, 0.717) is 6.54 Å². The second-order valence-electron chi connectivity index (χ2n) is 2.47. The van der Waals surface area contributed by atoms with Crippen LogP contribution in [0.2, 0.25) is 0 Å². The van der Waals surface area contributed by atoms with Crippen LogP contribution in [-0.4, -0.2) is 25.4 Å². The SMILES string of the molecule is [CH2]C(CC(=O)NCC)C(=O)NC. The molecule has 0 aliphatic heterocycles. The van der Waals surface area contributed by atoms with E-state index in [0.717, 1.165) is 0 Å². The zero-order valence-electron chi connectivity index (χ0n) is 7.52. The third-order valence-electron chi connectivity index (χ3n) is 1.42. The molecular weight excluding hydrogens is 156 g/mol. The van der Waals surface area contributed by atoms with Crippen LogP contribution in [0, 0.1) is 12.8 Å². The van der Waals surface area contributed by atoms with E-state index in [9.17, 15) is 9.59 Å². The molecule has 0 rings (SSSR count). The van der Waals surface area contributed by atoms with Gasteiger partial charge < -0.3 is 10.6 Å². The van der Waals surface area contributed by atoms with Gasteiger partial charge in [-0.3, -0.25) is 9.59 Å². The molecule has 0 aromatic heterocycles. The first-order valence-electron chi connectivity index (χ1n) is 3.93. The van der Waals surface area contributed by atoms with Gasteiger partial charge in [-0.1, -0.05) is 0 Å². The van der Waals surface area contributed by atoms with Crippen LogP contribution < -0.4 is 10.6 Å². The molecule has 69 valence electrons. The molecule has 0 aromatic rings. The molecule has 2 amide bonds. The van der Waals surface area contributed by atoms with Crippen molar-refractivity contribution >= 4 is 11.8 Å². The molecule has 0 aliphatic carbocycles. The van der Waals surface area contributed by atoms with Crippen molar-refractivity contribution < 1.29 is 9.59 Å². The Hall–Kier alpha value is -1.06. The Balaban J connectivity index is 3.75. The van der Waals surface area contributed by atoms with Crippen LogP contribution in [0.25, 0.3) is 0 Å². The number of carbonyl (C=O) groups excluding carboxylic acids is 2. The van der Waals surface area contributed by atoms with E-state index in [2.05, 4.69) is 17.6 Å². The lowest BCUT2D eigenvalue weighted by atomic mass is 10.1. The summed E-state index contributed by atoms with van der Waals surface area (Å²) in [6.07, 6.45) is 0.146. The lowest BCUT2D eigenvalue weighted by molar-refractivity contribution is -0.128. The van der Waals surface area contributed by atoms with Gasteiger partial charge >= 0.3 is 0 Å². The minimum atomic E-state index is -0.499. The van der Waals surface area contributed by atoms with Crippen LogP contribution >= 0.6 is 0 Å². The molecule has 0 bridgehead atoms. The van der Waals surface area contributed by atoms with Gasteiger partial charge in [0.2, 0.25) is 11.8 Å². The lowest BCUT2D eigenvalue weighted by Gasteiger charge is -2.08. The Kier molecular flexibility index (Phi) is 5.08. The first-order chi connectivity index (χ1) is 5.61. The van der Waals surface area contributed by atoms with E-state index in [1.807, 2.05) is 6.92 Å². The minimum Gasteiger partial charge on any atom is -0.359 e. The second kappa shape index (κ2) is 5.57. The van der Waals surface area contributed by atoms with Crippen LogP contribution in [-0.2, 0) is 9.59 Å². The van der Waals surface area contributed by atoms with E-state index in [-0.39, 0.29) is 18.2 Å². The molecule has 0 spiro atoms. The number of carbonyl (C=O) groups is 2. The van der Waals surface area contributed by atoms with Crippen LogP contribution in [0.4, 0.5) is 0 Å². The van der Waals surface area contributed by atoms with Crippen molar-refractivity contribution in [3.05, 3.63) is 6.92 Å². The molecular formula is C8H15N2O2. The third-order valence-corrected chi connectivity index (χ3v) is 1.42. The number of nitrogens with one attached hydrogen (secondary N) is 2. The van der Waals surface area contributed by atoms with Gasteiger partial charge in [-0.2, -0.15) is 0 Å². The quantitative estimate of drug-likeness (QED) is 0.610. The lowest BCUT2D eigenvalue weighted by Crippen LogP contribution is -2.31. The maximum absolute atomic E-state index is 10.9. The summed E-state index contributed by atoms with van der Waals surface area (Å²) in [6, 6.07) is 0. The molecule has 0 saturated heterocycles. The Morgan fingerprint density at radius 2 is 2.08 bits per heavy atom. The Morgan fingerprint density at radius 3 is 2.50 bits per heavy atom. The molecule has 2 N–H and O–H groups in total. The zero-order chi connectivity index (χ0) is 9.56. The summed E-state index contributed by atoms with van der Waals surface area (Å²) in [5.41, 5.74) is 0. The monoisotopic (exact) mass is 171 g/mol. The average molecular weight is 171 g/mol. The molecule has 0 saturated carbocycles. The predicted octanol–water partition coefficient (Wildman–Crippen LogP) is -0.291. The van der Waals surface area contributed by atoms with Crippen LogP contribution in [0.15, 0.2) is 0 Å². The summed E-state index contributed by atoms with van der Waals surface area (Å²) in [5, 5.41) is 5.03. The van der Waals surface area contributed by atoms with Gasteiger partial charge in [0, 0.05) is 25.9 Å². The highest BCUT2D eigenvalue weighted by Gasteiger charge is 2.14. The van der Waals surface area contributed by atoms with Crippen molar-refractivity contribution in [3.8, 4) is 0 Å². The molecule has 1 radical (unpaired) electrons. The van der Waals surface area contributed by atoms with Crippen molar-refractivity contribution in [2.24, 2.45) is 5.92 Å². The predicted molar refractivity (Wildman–Crippen MR) is 46.2 cm³/mol. The number of amides is 2. The highest BCUT2D eigenvalue weighted by atomic mass is 16.2. The molecule has 0 fully saturated rings. The molecule has 4 heteroatoms. The van der Waals surface area contributed by atoms with Crippen molar-refractivity contribution in [2.75, 3.05) is 13.6 Å². The fourth-order valence-electron chi connectivity index (χ4n) is 0.790. The molecule has 0 aliphatic rings. The minimum absolute atomic E-state index is 0.138. The molecule has 12 heavy (non-hydrogen) atoms. The Bertz CT molecular complexity index is 168. The summed E-state index contributed by atoms with van der Waals surface area (Å²) < 4.78 is 0. The van der Waals surface area contributed by atoms with Crippen molar-refractivity contribution in [2.45, 2.75) is 13.3 Å². The second-order valence-corrected chi connectivity index (χ2v) is 2.47. The van der Waals surface area contributed by atoms with Gasteiger partial charge in [0.15, 0.2) is 0 Å². The summed E-state index contributed by atoms with van der Waals surface area (Å²) in [6.45, 7) is 5.97. The molecule has 0 heterocycles. The number of hydrogen-bond acceptors (Lipinski definition) is 2. The van der Waals surface area contributed by atoms with E-state index >= 15 is 0 Å². The van der Waals surface area contributed by atoms with Gasteiger partial charge in [-0.05, 0) is 13.8 Å². The number of hydrogen-bond donors (Lipinski definition) is 2. The van der Waals surface area contributed by atoms with Crippen LogP contribution in [0.1, 0.15) is 13.3 Å². The van der Waals surface area contributed by atoms with Gasteiger partial charge in [-0.25, -0.2) is 0 Å². The van der Waals surface area contributed by atoms with Crippen LogP contribution in [0.3, 0.4) is 0 Å². The molecule has 1 atom stereocenters. The van der Waals surface area contributed by atoms with Gasteiger partial charge in [-0.15, -0.1) is 0 Å². The highest BCUT2D eigenvalue weighted by Crippen LogP contribution is 1.99. The third kappa shape index (κ3) is 3.95. The van der Waals surface area contributed by atoms with E-state index in [4.69, 9.17) is 0 Å². The summed E-state index contributed by atoms with van der Waals surface area (Å²) in [5.74, 6) is -0.844. The smallest absolute Gasteiger partial charge is 0.223 e. The summed E-state index contributed by atoms with van der Waals surface area (Å²) in [7, 11) is 1.53. The molecule has 0 aromatic carbocycles. The van der Waals surface area contributed by atoms with Crippen molar-refractivity contribution in [1.82, 2.24) is 10.6 Å². The largest absolute Gasteiger partial charge is 0.359 e. The topological polar surface area (TPSA) is 58.2 Å². The summed E-state index contributed by atoms with van der Waals surface area (Å²) in [4.78, 5) is 21.8. The maximum atomic E-state index is 10.9. The fourth-order valence-corrected chi connectivity index (χ4v) is 0.790. The van der Waals surface area contributed by atoms with Crippen molar-refractivity contribution in [1.29, 1.82) is 0 Å².